The lowest BCUT2D eigenvalue weighted by Gasteiger charge is -2.46. The topological polar surface area (TPSA) is 19.4 Å². The van der Waals surface area contributed by atoms with Crippen molar-refractivity contribution < 1.29 is 0 Å². The zero-order valence-corrected chi connectivity index (χ0v) is 39.8. The second-order valence-corrected chi connectivity index (χ2v) is 23.6. The van der Waals surface area contributed by atoms with E-state index in [-0.39, 0.29) is 7.43 Å². The molecular formula is C47H102N6. The molecule has 6 nitrogen and oxygen atoms in total. The molecule has 0 amide bonds. The van der Waals surface area contributed by atoms with Gasteiger partial charge in [0.2, 0.25) is 0 Å². The molecule has 6 heteroatoms. The van der Waals surface area contributed by atoms with E-state index >= 15 is 0 Å². The molecule has 4 aliphatic heterocycles. The highest BCUT2D eigenvalue weighted by atomic mass is 15.3. The van der Waals surface area contributed by atoms with E-state index in [1.54, 1.807) is 0 Å². The first-order valence-electron chi connectivity index (χ1n) is 21.7. The summed E-state index contributed by atoms with van der Waals surface area (Å²) in [5.41, 5.74) is 2.61. The lowest BCUT2D eigenvalue weighted by Crippen LogP contribution is -2.57. The average molecular weight is 751 g/mol. The number of likely N-dealkylation sites (tertiary alicyclic amines) is 2. The molecule has 0 spiro atoms. The highest BCUT2D eigenvalue weighted by Gasteiger charge is 2.33. The SMILES string of the molecule is C.CC(C)(C)C1CCN(C(C)(C)C)CC1.CC(C)(C)N1CCCC1.CC(C)(C)N1CCCN(C(C)(C)C)CC1.CC(C)(C)N1CCN(C(C)(C)C)CC1. The standard InChI is InChI=1S/C13H28N2.C13H27N.C12H26N2.C8H17N.CH4/c1-12(2,3)14-8-7-9-15(11-10-14)13(4,5)6;1-12(2,3)11-7-9-14(10-8-11)13(4,5)6;1-11(2,3)13-7-9-14(10-8-13)12(4,5)6;1-8(2,3)9-6-4-5-7-9;/h7-11H2,1-6H3;11H,7-10H2,1-6H3;7-10H2,1-6H3;4-7H2,1-3H3;1H4. The molecule has 0 bridgehead atoms. The monoisotopic (exact) mass is 751 g/mol. The molecule has 0 radical (unpaired) electrons. The summed E-state index contributed by atoms with van der Waals surface area (Å²) in [7, 11) is 0. The van der Waals surface area contributed by atoms with E-state index in [1.165, 1.54) is 111 Å². The van der Waals surface area contributed by atoms with Crippen LogP contribution < -0.4 is 0 Å². The lowest BCUT2D eigenvalue weighted by atomic mass is 9.75. The molecule has 4 heterocycles. The van der Waals surface area contributed by atoms with Crippen molar-refractivity contribution in [1.82, 2.24) is 29.4 Å². The number of hydrogen-bond donors (Lipinski definition) is 0. The Morgan fingerprint density at radius 3 is 0.660 bits per heavy atom. The third kappa shape index (κ3) is 20.1. The minimum Gasteiger partial charge on any atom is -0.298 e. The molecule has 4 rings (SSSR count). The van der Waals surface area contributed by atoms with Crippen LogP contribution in [0.15, 0.2) is 0 Å². The quantitative estimate of drug-likeness (QED) is 0.244. The largest absolute Gasteiger partial charge is 0.298 e. The molecular weight excluding hydrogens is 649 g/mol. The van der Waals surface area contributed by atoms with Gasteiger partial charge in [-0.2, -0.15) is 0 Å². The van der Waals surface area contributed by atoms with Crippen LogP contribution in [0.25, 0.3) is 0 Å². The molecule has 4 fully saturated rings. The van der Waals surface area contributed by atoms with Crippen molar-refractivity contribution in [2.45, 2.75) is 218 Å². The van der Waals surface area contributed by atoms with Gasteiger partial charge in [0.05, 0.1) is 0 Å². The van der Waals surface area contributed by atoms with E-state index in [4.69, 9.17) is 0 Å². The van der Waals surface area contributed by atoms with Gasteiger partial charge in [0.15, 0.2) is 0 Å². The Hall–Kier alpha value is -0.240. The summed E-state index contributed by atoms with van der Waals surface area (Å²) in [4.78, 5) is 15.5. The molecule has 4 aliphatic rings. The Morgan fingerprint density at radius 2 is 0.453 bits per heavy atom. The van der Waals surface area contributed by atoms with Gasteiger partial charge in [-0.25, -0.2) is 0 Å². The minimum absolute atomic E-state index is 0. The zero-order chi connectivity index (χ0) is 40.6. The summed E-state index contributed by atoms with van der Waals surface area (Å²) in [6.07, 6.45) is 6.85. The fourth-order valence-electron chi connectivity index (χ4n) is 8.11. The van der Waals surface area contributed by atoms with E-state index < -0.39 is 0 Å². The van der Waals surface area contributed by atoms with Crippen LogP contribution in [0.5, 0.6) is 0 Å². The number of piperidine rings is 1. The second-order valence-electron chi connectivity index (χ2n) is 23.6. The maximum atomic E-state index is 2.62. The summed E-state index contributed by atoms with van der Waals surface area (Å²) in [5.74, 6) is 0.918. The van der Waals surface area contributed by atoms with Crippen LogP contribution in [0.3, 0.4) is 0 Å². The normalized spacial score (nSPS) is 22.4. The van der Waals surface area contributed by atoms with Crippen molar-refractivity contribution in [3.8, 4) is 0 Å². The smallest absolute Gasteiger partial charge is 0.0126 e. The van der Waals surface area contributed by atoms with Gasteiger partial charge in [-0.05, 0) is 207 Å². The maximum Gasteiger partial charge on any atom is 0.0126 e. The summed E-state index contributed by atoms with van der Waals surface area (Å²) in [6, 6.07) is 0. The molecule has 0 aromatic heterocycles. The van der Waals surface area contributed by atoms with Crippen LogP contribution in [0, 0.1) is 11.3 Å². The van der Waals surface area contributed by atoms with E-state index in [2.05, 4.69) is 175 Å². The van der Waals surface area contributed by atoms with Gasteiger partial charge in [-0.15, -0.1) is 0 Å². The summed E-state index contributed by atoms with van der Waals surface area (Å²) in [6.45, 7) is 63.7. The summed E-state index contributed by atoms with van der Waals surface area (Å²) < 4.78 is 0. The first-order valence-corrected chi connectivity index (χ1v) is 21.7. The van der Waals surface area contributed by atoms with Crippen molar-refractivity contribution in [3.05, 3.63) is 0 Å². The van der Waals surface area contributed by atoms with Crippen molar-refractivity contribution in [1.29, 1.82) is 0 Å². The maximum absolute atomic E-state index is 2.62. The zero-order valence-electron chi connectivity index (χ0n) is 39.8. The number of nitrogens with zero attached hydrogens (tertiary/aromatic N) is 6. The van der Waals surface area contributed by atoms with Crippen molar-refractivity contribution in [3.63, 3.8) is 0 Å². The van der Waals surface area contributed by atoms with Crippen LogP contribution in [0.2, 0.25) is 0 Å². The Kier molecular flexibility index (Phi) is 20.9. The highest BCUT2D eigenvalue weighted by Crippen LogP contribution is 2.36. The van der Waals surface area contributed by atoms with Crippen LogP contribution in [-0.2, 0) is 0 Å². The number of hydrogen-bond acceptors (Lipinski definition) is 6. The van der Waals surface area contributed by atoms with Crippen molar-refractivity contribution in [2.75, 3.05) is 78.5 Å². The fraction of sp³-hybridized carbons (Fsp3) is 1.00. The average Bonchev–Trinajstić information content (AvgIpc) is 3.40. The summed E-state index contributed by atoms with van der Waals surface area (Å²) >= 11 is 0. The predicted molar refractivity (Wildman–Crippen MR) is 241 cm³/mol. The van der Waals surface area contributed by atoms with Crippen LogP contribution in [-0.4, -0.2) is 141 Å². The minimum atomic E-state index is 0. The Morgan fingerprint density at radius 1 is 0.264 bits per heavy atom. The summed E-state index contributed by atoms with van der Waals surface area (Å²) in [5, 5.41) is 0. The van der Waals surface area contributed by atoms with Gasteiger partial charge < -0.3 is 0 Å². The molecule has 320 valence electrons. The third-order valence-corrected chi connectivity index (χ3v) is 12.3. The van der Waals surface area contributed by atoms with E-state index in [1.807, 2.05) is 0 Å². The van der Waals surface area contributed by atoms with Crippen LogP contribution in [0.1, 0.15) is 185 Å². The Bertz CT molecular complexity index is 840. The van der Waals surface area contributed by atoms with E-state index in [0.29, 0.717) is 38.6 Å². The fourth-order valence-corrected chi connectivity index (χ4v) is 8.11. The van der Waals surface area contributed by atoms with Crippen LogP contribution in [0.4, 0.5) is 0 Å². The molecule has 4 saturated heterocycles. The Balaban J connectivity index is 0.000000685. The second kappa shape index (κ2) is 21.0. The van der Waals surface area contributed by atoms with Gasteiger partial charge in [0.1, 0.15) is 0 Å². The molecule has 0 unspecified atom stereocenters. The van der Waals surface area contributed by atoms with E-state index in [9.17, 15) is 0 Å². The van der Waals surface area contributed by atoms with Gasteiger partial charge in [-0.3, -0.25) is 29.4 Å². The third-order valence-electron chi connectivity index (χ3n) is 12.3. The first kappa shape index (κ1) is 52.8. The van der Waals surface area contributed by atoms with Gasteiger partial charge >= 0.3 is 0 Å². The lowest BCUT2D eigenvalue weighted by molar-refractivity contribution is 0.0211. The Labute approximate surface area is 336 Å². The van der Waals surface area contributed by atoms with Gasteiger partial charge in [0.25, 0.3) is 0 Å². The van der Waals surface area contributed by atoms with E-state index in [0.717, 1.165) is 5.92 Å². The predicted octanol–water partition coefficient (Wildman–Crippen LogP) is 10.9. The first-order chi connectivity index (χ1) is 23.2. The van der Waals surface area contributed by atoms with Crippen LogP contribution >= 0.6 is 0 Å². The molecule has 0 N–H and O–H groups in total. The molecule has 0 atom stereocenters. The van der Waals surface area contributed by atoms with Crippen molar-refractivity contribution >= 4 is 0 Å². The molecule has 53 heavy (non-hydrogen) atoms. The molecule has 0 aromatic carbocycles. The molecule has 0 aromatic rings. The van der Waals surface area contributed by atoms with Gasteiger partial charge in [-0.1, -0.05) is 28.2 Å². The van der Waals surface area contributed by atoms with Gasteiger partial charge in [0, 0.05) is 72.5 Å². The highest BCUT2D eigenvalue weighted by molar-refractivity contribution is 4.88. The van der Waals surface area contributed by atoms with Crippen molar-refractivity contribution in [2.24, 2.45) is 11.3 Å². The number of piperazine rings is 1. The molecule has 0 aliphatic carbocycles. The number of rotatable bonds is 0. The molecule has 0 saturated carbocycles.